The molecule has 0 atom stereocenters. The van der Waals surface area contributed by atoms with E-state index in [1.165, 1.54) is 51.4 Å². The van der Waals surface area contributed by atoms with Crippen molar-refractivity contribution in [3.8, 4) is 5.75 Å². The summed E-state index contributed by atoms with van der Waals surface area (Å²) in [5, 5.41) is 8.66. The Labute approximate surface area is 135 Å². The highest BCUT2D eigenvalue weighted by atomic mass is 32.2. The van der Waals surface area contributed by atoms with Gasteiger partial charge in [-0.15, -0.1) is 0 Å². The van der Waals surface area contributed by atoms with Crippen LogP contribution in [0.3, 0.4) is 0 Å². The number of rotatable bonds is 7. The van der Waals surface area contributed by atoms with Gasteiger partial charge in [0, 0.05) is 33.3 Å². The van der Waals surface area contributed by atoms with Crippen molar-refractivity contribution in [3.05, 3.63) is 23.8 Å². The van der Waals surface area contributed by atoms with Crippen molar-refractivity contribution in [1.29, 1.82) is 0 Å². The van der Waals surface area contributed by atoms with E-state index in [0.717, 1.165) is 4.31 Å². The topological polar surface area (TPSA) is 104 Å². The Hall–Kier alpha value is -2.13. The van der Waals surface area contributed by atoms with Gasteiger partial charge in [0.25, 0.3) is 5.91 Å². The molecular formula is C14H20N2O6S. The van der Waals surface area contributed by atoms with Crippen LogP contribution in [0.4, 0.5) is 0 Å². The highest BCUT2D eigenvalue weighted by molar-refractivity contribution is 7.89. The molecule has 0 radical (unpaired) electrons. The molecule has 23 heavy (non-hydrogen) atoms. The summed E-state index contributed by atoms with van der Waals surface area (Å²) in [6, 6.07) is 4.07. The van der Waals surface area contributed by atoms with Crippen molar-refractivity contribution < 1.29 is 27.9 Å². The Kier molecular flexibility index (Phi) is 6.11. The van der Waals surface area contributed by atoms with Crippen LogP contribution in [0.1, 0.15) is 16.8 Å². The fourth-order valence-corrected chi connectivity index (χ4v) is 2.87. The molecule has 1 rings (SSSR count). The van der Waals surface area contributed by atoms with E-state index in [4.69, 9.17) is 9.84 Å². The van der Waals surface area contributed by atoms with E-state index < -0.39 is 21.9 Å². The van der Waals surface area contributed by atoms with Crippen molar-refractivity contribution in [2.24, 2.45) is 0 Å². The van der Waals surface area contributed by atoms with Gasteiger partial charge in [-0.25, -0.2) is 12.7 Å². The second-order valence-corrected chi connectivity index (χ2v) is 7.14. The summed E-state index contributed by atoms with van der Waals surface area (Å²) < 4.78 is 30.7. The first-order valence-corrected chi connectivity index (χ1v) is 8.13. The third-order valence-corrected chi connectivity index (χ3v) is 5.01. The van der Waals surface area contributed by atoms with Crippen molar-refractivity contribution in [1.82, 2.24) is 9.21 Å². The first-order valence-electron chi connectivity index (χ1n) is 6.69. The number of hydrogen-bond donors (Lipinski definition) is 1. The van der Waals surface area contributed by atoms with E-state index in [2.05, 4.69) is 0 Å². The van der Waals surface area contributed by atoms with Crippen LogP contribution < -0.4 is 4.74 Å². The normalized spacial score (nSPS) is 11.3. The third-order valence-electron chi connectivity index (χ3n) is 3.18. The average Bonchev–Trinajstić information content (AvgIpc) is 2.50. The molecule has 1 aromatic carbocycles. The molecule has 1 aromatic rings. The van der Waals surface area contributed by atoms with Gasteiger partial charge in [0.05, 0.1) is 13.5 Å². The predicted octanol–water partition coefficient (Wildman–Crippen LogP) is 0.492. The fraction of sp³-hybridized carbons (Fsp3) is 0.429. The Morgan fingerprint density at radius 3 is 2.30 bits per heavy atom. The van der Waals surface area contributed by atoms with Gasteiger partial charge in [-0.05, 0) is 18.2 Å². The van der Waals surface area contributed by atoms with Crippen molar-refractivity contribution in [3.63, 3.8) is 0 Å². The number of ether oxygens (including phenoxy) is 1. The molecule has 0 aliphatic rings. The zero-order chi connectivity index (χ0) is 17.8. The molecule has 1 N–H and O–H groups in total. The molecule has 0 saturated heterocycles. The number of carbonyl (C=O) groups excluding carboxylic acids is 1. The molecule has 9 heteroatoms. The van der Waals surface area contributed by atoms with E-state index in [1.54, 1.807) is 0 Å². The molecule has 128 valence electrons. The van der Waals surface area contributed by atoms with Crippen LogP contribution in [0.2, 0.25) is 0 Å². The van der Waals surface area contributed by atoms with Gasteiger partial charge in [0.1, 0.15) is 10.6 Å². The summed E-state index contributed by atoms with van der Waals surface area (Å²) >= 11 is 0. The molecule has 0 bridgehead atoms. The molecule has 1 amide bonds. The molecular weight excluding hydrogens is 324 g/mol. The maximum Gasteiger partial charge on any atom is 0.305 e. The van der Waals surface area contributed by atoms with Gasteiger partial charge < -0.3 is 14.7 Å². The smallest absolute Gasteiger partial charge is 0.305 e. The average molecular weight is 344 g/mol. The number of methoxy groups -OCH3 is 1. The molecule has 0 spiro atoms. The highest BCUT2D eigenvalue weighted by Gasteiger charge is 2.24. The van der Waals surface area contributed by atoms with E-state index in [9.17, 15) is 18.0 Å². The first-order chi connectivity index (χ1) is 10.6. The van der Waals surface area contributed by atoms with Gasteiger partial charge >= 0.3 is 5.97 Å². The van der Waals surface area contributed by atoms with Crippen LogP contribution >= 0.6 is 0 Å². The Balaban J connectivity index is 3.20. The summed E-state index contributed by atoms with van der Waals surface area (Å²) in [4.78, 5) is 24.0. The van der Waals surface area contributed by atoms with Gasteiger partial charge in [-0.2, -0.15) is 0 Å². The van der Waals surface area contributed by atoms with Crippen molar-refractivity contribution in [2.75, 3.05) is 34.8 Å². The lowest BCUT2D eigenvalue weighted by molar-refractivity contribution is -0.137. The summed E-state index contributed by atoms with van der Waals surface area (Å²) in [5.74, 6) is -1.36. The Bertz CT molecular complexity index is 699. The van der Waals surface area contributed by atoms with E-state index in [-0.39, 0.29) is 29.2 Å². The number of carboxylic acid groups (broad SMARTS) is 1. The number of carbonyl (C=O) groups is 2. The molecule has 8 nitrogen and oxygen atoms in total. The summed E-state index contributed by atoms with van der Waals surface area (Å²) in [7, 11) is 1.76. The number of hydrogen-bond acceptors (Lipinski definition) is 5. The molecule has 0 heterocycles. The van der Waals surface area contributed by atoms with Gasteiger partial charge in [-0.3, -0.25) is 9.59 Å². The summed E-state index contributed by atoms with van der Waals surface area (Å²) in [6.07, 6.45) is -0.193. The largest absolute Gasteiger partial charge is 0.495 e. The molecule has 0 saturated carbocycles. The molecule has 0 fully saturated rings. The van der Waals surface area contributed by atoms with Crippen LogP contribution in [-0.2, 0) is 14.8 Å². The number of amides is 1. The minimum absolute atomic E-state index is 0.0238. The maximum atomic E-state index is 12.3. The monoisotopic (exact) mass is 344 g/mol. The molecule has 0 unspecified atom stereocenters. The van der Waals surface area contributed by atoms with Crippen LogP contribution in [-0.4, -0.2) is 69.4 Å². The van der Waals surface area contributed by atoms with E-state index >= 15 is 0 Å². The lowest BCUT2D eigenvalue weighted by Gasteiger charge is -2.18. The van der Waals surface area contributed by atoms with Gasteiger partial charge in [0.2, 0.25) is 10.0 Å². The summed E-state index contributed by atoms with van der Waals surface area (Å²) in [5.41, 5.74) is 0.138. The second-order valence-electron chi connectivity index (χ2n) is 5.02. The lowest BCUT2D eigenvalue weighted by Crippen LogP contribution is -2.29. The fourth-order valence-electron chi connectivity index (χ4n) is 1.79. The zero-order valence-corrected chi connectivity index (χ0v) is 14.3. The molecule has 0 aliphatic heterocycles. The Morgan fingerprint density at radius 1 is 1.22 bits per heavy atom. The molecule has 0 aliphatic carbocycles. The predicted molar refractivity (Wildman–Crippen MR) is 83.1 cm³/mol. The van der Waals surface area contributed by atoms with Crippen LogP contribution in [0, 0.1) is 0 Å². The van der Waals surface area contributed by atoms with Crippen LogP contribution in [0.25, 0.3) is 0 Å². The van der Waals surface area contributed by atoms with E-state index in [1.807, 2.05) is 0 Å². The summed E-state index contributed by atoms with van der Waals surface area (Å²) in [6.45, 7) is 0.0238. The lowest BCUT2D eigenvalue weighted by atomic mass is 10.2. The standard InChI is InChI=1S/C14H20N2O6S/c1-15(2)23(20,21)12-9-10(5-6-11(12)22-4)14(19)16(3)8-7-13(17)18/h5-6,9H,7-8H2,1-4H3,(H,17,18). The number of nitrogens with zero attached hydrogens (tertiary/aromatic N) is 2. The number of aliphatic carboxylic acids is 1. The highest BCUT2D eigenvalue weighted by Crippen LogP contribution is 2.27. The first kappa shape index (κ1) is 18.9. The van der Waals surface area contributed by atoms with Crippen molar-refractivity contribution >= 4 is 21.9 Å². The SMILES string of the molecule is COc1ccc(C(=O)N(C)CCC(=O)O)cc1S(=O)(=O)N(C)C. The molecule has 0 aromatic heterocycles. The zero-order valence-electron chi connectivity index (χ0n) is 13.4. The van der Waals surface area contributed by atoms with E-state index in [0.29, 0.717) is 0 Å². The second kappa shape index (κ2) is 7.42. The van der Waals surface area contributed by atoms with Crippen LogP contribution in [0.15, 0.2) is 23.1 Å². The maximum absolute atomic E-state index is 12.3. The van der Waals surface area contributed by atoms with Crippen LogP contribution in [0.5, 0.6) is 5.75 Å². The van der Waals surface area contributed by atoms with Crippen molar-refractivity contribution in [2.45, 2.75) is 11.3 Å². The van der Waals surface area contributed by atoms with Gasteiger partial charge in [0.15, 0.2) is 0 Å². The third kappa shape index (κ3) is 4.42. The van der Waals surface area contributed by atoms with Gasteiger partial charge in [-0.1, -0.05) is 0 Å². The quantitative estimate of drug-likeness (QED) is 0.772. The number of carboxylic acids is 1. The number of benzene rings is 1. The number of sulfonamides is 1. The Morgan fingerprint density at radius 2 is 1.83 bits per heavy atom. The minimum atomic E-state index is -3.78. The minimum Gasteiger partial charge on any atom is -0.495 e.